The maximum Gasteiger partial charge on any atom is 0.328 e. The molecule has 0 atom stereocenters. The molecule has 324 valence electrons. The molecule has 16 heteroatoms. The number of nitrogens with one attached hydrogen (secondary N) is 2. The number of quaternary nitrogens is 2. The number of carbonyl (C=O) groups excluding carboxylic acids is 2. The minimum Gasteiger partial charge on any atom is -0.548 e. The minimum absolute atomic E-state index is 0.492. The van der Waals surface area contributed by atoms with Crippen LogP contribution in [0, 0.1) is 11.6 Å². The predicted octanol–water partition coefficient (Wildman–Crippen LogP) is 2.71. The summed E-state index contributed by atoms with van der Waals surface area (Å²) < 4.78 is 26.0. The van der Waals surface area contributed by atoms with Crippen LogP contribution in [0.25, 0.3) is 0 Å². The molecule has 2 aromatic heterocycles. The lowest BCUT2D eigenvalue weighted by molar-refractivity contribution is -0.368. The van der Waals surface area contributed by atoms with Crippen LogP contribution in [0.15, 0.2) is 31.6 Å². The zero-order valence-electron chi connectivity index (χ0n) is 34.3. The number of carbonyl (C=O) groups is 2. The van der Waals surface area contributed by atoms with E-state index in [1.165, 1.54) is 154 Å². The number of nitrogens with zero attached hydrogens (tertiary/aromatic N) is 2. The number of hydrogen-bond donors (Lipinski definition) is 4. The van der Waals surface area contributed by atoms with Crippen molar-refractivity contribution >= 4 is 11.9 Å². The van der Waals surface area contributed by atoms with Crippen molar-refractivity contribution in [2.24, 2.45) is 0 Å². The number of carboxylic acids is 2. The molecule has 0 aromatic carbocycles. The second kappa shape index (κ2) is 38.0. The van der Waals surface area contributed by atoms with E-state index in [1.54, 1.807) is 9.97 Å². The number of hydrogen-bond acceptors (Lipinski definition) is 8. The lowest BCUT2D eigenvalue weighted by Crippen LogP contribution is -2.50. The quantitative estimate of drug-likeness (QED) is 0.0930. The van der Waals surface area contributed by atoms with Gasteiger partial charge >= 0.3 is 11.4 Å². The Bertz CT molecular complexity index is 1370. The van der Waals surface area contributed by atoms with Crippen LogP contribution < -0.4 is 44.2 Å². The minimum atomic E-state index is -1.55. The standard InChI is InChI=1S/2C14H31N.2C6H5FN2O4/c2*1-2-3-4-5-6-7-8-9-10-11-12-13-14-15;2*7-3-1-9(2-4(10)11)6(13)8-5(3)12/h2*2-15H2,1H3;2*1H,2H2,(H,10,11)(H,8,12,13). The van der Waals surface area contributed by atoms with Crippen molar-refractivity contribution < 1.29 is 40.1 Å². The van der Waals surface area contributed by atoms with Gasteiger partial charge in [0.05, 0.1) is 50.5 Å². The monoisotopic (exact) mass is 803 g/mol. The summed E-state index contributed by atoms with van der Waals surface area (Å²) in [5, 5.41) is 20.1. The Morgan fingerprint density at radius 1 is 0.500 bits per heavy atom. The van der Waals surface area contributed by atoms with Gasteiger partial charge in [0.25, 0.3) is 11.1 Å². The van der Waals surface area contributed by atoms with Gasteiger partial charge in [-0.3, -0.25) is 28.7 Å². The van der Waals surface area contributed by atoms with Gasteiger partial charge < -0.3 is 31.3 Å². The van der Waals surface area contributed by atoms with Crippen LogP contribution >= 0.6 is 0 Å². The third kappa shape index (κ3) is 33.4. The van der Waals surface area contributed by atoms with Crippen LogP contribution in [-0.4, -0.2) is 44.1 Å². The molecule has 0 aliphatic carbocycles. The van der Waals surface area contributed by atoms with Crippen molar-refractivity contribution in [2.45, 2.75) is 181 Å². The van der Waals surface area contributed by atoms with Gasteiger partial charge in [-0.25, -0.2) is 9.59 Å². The Balaban J connectivity index is 0. The lowest BCUT2D eigenvalue weighted by Gasteiger charge is -2.04. The Hall–Kier alpha value is -3.92. The summed E-state index contributed by atoms with van der Waals surface area (Å²) in [6, 6.07) is 0. The Morgan fingerprint density at radius 3 is 0.946 bits per heavy atom. The molecule has 2 heterocycles. The summed E-state index contributed by atoms with van der Waals surface area (Å²) in [4.78, 5) is 65.8. The van der Waals surface area contributed by atoms with Gasteiger partial charge in [-0.05, 0) is 25.7 Å². The van der Waals surface area contributed by atoms with E-state index in [1.807, 2.05) is 0 Å². The first-order chi connectivity index (χ1) is 26.8. The molecule has 0 radical (unpaired) electrons. The third-order valence-electron chi connectivity index (χ3n) is 8.74. The number of aliphatic carboxylic acids is 2. The number of aromatic amines is 2. The molecule has 0 bridgehead atoms. The van der Waals surface area contributed by atoms with Gasteiger partial charge in [0.1, 0.15) is 0 Å². The zero-order chi connectivity index (χ0) is 42.4. The van der Waals surface area contributed by atoms with E-state index in [4.69, 9.17) is 0 Å². The molecule has 0 aliphatic rings. The highest BCUT2D eigenvalue weighted by molar-refractivity contribution is 5.64. The fraction of sp³-hybridized carbons (Fsp3) is 0.750. The van der Waals surface area contributed by atoms with Crippen LogP contribution in [0.3, 0.4) is 0 Å². The highest BCUT2D eigenvalue weighted by atomic mass is 19.1. The van der Waals surface area contributed by atoms with E-state index in [0.717, 1.165) is 13.1 Å². The van der Waals surface area contributed by atoms with Gasteiger partial charge in [-0.2, -0.15) is 8.78 Å². The highest BCUT2D eigenvalue weighted by Gasteiger charge is 2.04. The molecule has 0 spiro atoms. The van der Waals surface area contributed by atoms with E-state index >= 15 is 0 Å². The fourth-order valence-electron chi connectivity index (χ4n) is 5.51. The number of H-pyrrole nitrogens is 2. The van der Waals surface area contributed by atoms with E-state index in [0.29, 0.717) is 21.5 Å². The Labute approximate surface area is 330 Å². The van der Waals surface area contributed by atoms with Crippen LogP contribution in [0.2, 0.25) is 0 Å². The summed E-state index contributed by atoms with van der Waals surface area (Å²) in [7, 11) is 0. The molecule has 0 saturated carbocycles. The Morgan fingerprint density at radius 2 is 0.732 bits per heavy atom. The van der Waals surface area contributed by atoms with Crippen molar-refractivity contribution in [3.05, 3.63) is 65.7 Å². The van der Waals surface area contributed by atoms with Crippen molar-refractivity contribution in [3.8, 4) is 0 Å². The normalized spacial score (nSPS) is 10.4. The summed E-state index contributed by atoms with van der Waals surface area (Å²) in [6.07, 6.45) is 35.5. The van der Waals surface area contributed by atoms with Gasteiger partial charge in [-0.15, -0.1) is 0 Å². The van der Waals surface area contributed by atoms with Crippen LogP contribution in [-0.2, 0) is 22.7 Å². The smallest absolute Gasteiger partial charge is 0.328 e. The van der Waals surface area contributed by atoms with Crippen molar-refractivity contribution in [2.75, 3.05) is 13.1 Å². The molecule has 0 saturated heterocycles. The average Bonchev–Trinajstić information content (AvgIpc) is 3.14. The Kier molecular flexibility index (Phi) is 36.7. The summed E-state index contributed by atoms with van der Waals surface area (Å²) in [5.41, 5.74) is 3.39. The number of rotatable bonds is 28. The van der Waals surface area contributed by atoms with Crippen molar-refractivity contribution in [1.82, 2.24) is 19.1 Å². The molecule has 0 aliphatic heterocycles. The maximum absolute atomic E-state index is 12.5. The summed E-state index contributed by atoms with van der Waals surface area (Å²) in [5.74, 6) is -5.54. The molecule has 2 aromatic rings. The van der Waals surface area contributed by atoms with E-state index < -0.39 is 59.2 Å². The second-order valence-electron chi connectivity index (χ2n) is 14.0. The molecule has 0 amide bonds. The van der Waals surface area contributed by atoms with Gasteiger partial charge in [0.2, 0.25) is 11.6 Å². The highest BCUT2D eigenvalue weighted by Crippen LogP contribution is 2.12. The van der Waals surface area contributed by atoms with Crippen LogP contribution in [0.4, 0.5) is 8.78 Å². The molecule has 8 N–H and O–H groups in total. The molecular formula is C40H72F2N6O8. The first-order valence-electron chi connectivity index (χ1n) is 20.8. The molecular weight excluding hydrogens is 730 g/mol. The zero-order valence-corrected chi connectivity index (χ0v) is 34.3. The number of aromatic nitrogens is 4. The average molecular weight is 803 g/mol. The number of unbranched alkanes of at least 4 members (excludes halogenated alkanes) is 22. The van der Waals surface area contributed by atoms with Crippen LogP contribution in [0.1, 0.15) is 168 Å². The fourth-order valence-corrected chi connectivity index (χ4v) is 5.51. The second-order valence-corrected chi connectivity index (χ2v) is 14.0. The molecule has 0 fully saturated rings. The number of carboxylic acid groups (broad SMARTS) is 2. The van der Waals surface area contributed by atoms with Gasteiger partial charge in [0, 0.05) is 0 Å². The molecule has 14 nitrogen and oxygen atoms in total. The first kappa shape index (κ1) is 54.2. The summed E-state index contributed by atoms with van der Waals surface area (Å²) in [6.45, 7) is 5.21. The molecule has 0 unspecified atom stereocenters. The molecule has 2 rings (SSSR count). The third-order valence-corrected chi connectivity index (χ3v) is 8.74. The first-order valence-corrected chi connectivity index (χ1v) is 20.8. The summed E-state index contributed by atoms with van der Waals surface area (Å²) >= 11 is 0. The van der Waals surface area contributed by atoms with Crippen molar-refractivity contribution in [3.63, 3.8) is 0 Å². The van der Waals surface area contributed by atoms with E-state index in [9.17, 15) is 47.8 Å². The number of halogens is 2. The lowest BCUT2D eigenvalue weighted by atomic mass is 10.1. The van der Waals surface area contributed by atoms with E-state index in [2.05, 4.69) is 25.3 Å². The van der Waals surface area contributed by atoms with Gasteiger partial charge in [-0.1, -0.05) is 142 Å². The van der Waals surface area contributed by atoms with Crippen LogP contribution in [0.5, 0.6) is 0 Å². The predicted molar refractivity (Wildman–Crippen MR) is 210 cm³/mol. The maximum atomic E-state index is 12.5. The largest absolute Gasteiger partial charge is 0.548 e. The molecule has 56 heavy (non-hydrogen) atoms. The van der Waals surface area contributed by atoms with E-state index in [-0.39, 0.29) is 0 Å². The van der Waals surface area contributed by atoms with Crippen molar-refractivity contribution in [1.29, 1.82) is 0 Å². The van der Waals surface area contributed by atoms with Gasteiger partial charge in [0.15, 0.2) is 0 Å². The SMILES string of the molecule is CCCCCCCCCCCCCC[NH3+].CCCCCCCCCCCCCC[NH3+].O=C([O-])Cn1cc(F)c(=O)[nH]c1=O.O=C([O-])Cn1cc(F)c(=O)[nH]c1=O. The topological polar surface area (TPSA) is 245 Å².